The maximum Gasteiger partial charge on any atom is 0.410 e. The van der Waals surface area contributed by atoms with E-state index in [1.165, 1.54) is 6.42 Å². The number of piperidine rings is 1. The molecule has 0 unspecified atom stereocenters. The van der Waals surface area contributed by atoms with Crippen LogP contribution in [0.3, 0.4) is 0 Å². The summed E-state index contributed by atoms with van der Waals surface area (Å²) in [6, 6.07) is 10.00. The minimum Gasteiger partial charge on any atom is -0.445 e. The van der Waals surface area contributed by atoms with E-state index < -0.39 is 0 Å². The summed E-state index contributed by atoms with van der Waals surface area (Å²) in [5.74, 6) is 0. The number of hydrogen-bond acceptors (Lipinski definition) is 3. The van der Waals surface area contributed by atoms with Gasteiger partial charge < -0.3 is 14.4 Å². The summed E-state index contributed by atoms with van der Waals surface area (Å²) in [4.78, 5) is 14.0. The van der Waals surface area contributed by atoms with Crippen molar-refractivity contribution in [2.24, 2.45) is 0 Å². The van der Waals surface area contributed by atoms with Gasteiger partial charge in [0.05, 0.1) is 12.6 Å². The average molecular weight is 261 g/mol. The molecule has 0 spiro atoms. The van der Waals surface area contributed by atoms with Crippen LogP contribution in [-0.2, 0) is 16.1 Å². The molecule has 0 bridgehead atoms. The molecular formula is C15H19NO3. The molecule has 2 saturated heterocycles. The fourth-order valence-corrected chi connectivity index (χ4v) is 2.65. The van der Waals surface area contributed by atoms with Crippen molar-refractivity contribution in [1.29, 1.82) is 0 Å². The van der Waals surface area contributed by atoms with Gasteiger partial charge in [0.1, 0.15) is 12.7 Å². The lowest BCUT2D eigenvalue weighted by molar-refractivity contribution is 0.0603. The molecule has 2 aliphatic rings. The second-order valence-corrected chi connectivity index (χ2v) is 5.17. The quantitative estimate of drug-likeness (QED) is 0.785. The summed E-state index contributed by atoms with van der Waals surface area (Å²) >= 11 is 0. The van der Waals surface area contributed by atoms with Crippen molar-refractivity contribution < 1.29 is 14.3 Å². The highest BCUT2D eigenvalue weighted by Crippen LogP contribution is 2.28. The highest BCUT2D eigenvalue weighted by Gasteiger charge is 2.40. The van der Waals surface area contributed by atoms with Gasteiger partial charge >= 0.3 is 6.09 Å². The summed E-state index contributed by atoms with van der Waals surface area (Å²) in [6.45, 7) is 1.92. The number of ether oxygens (including phenoxy) is 2. The predicted molar refractivity (Wildman–Crippen MR) is 70.7 cm³/mol. The number of amides is 1. The van der Waals surface area contributed by atoms with Crippen molar-refractivity contribution in [3.05, 3.63) is 35.9 Å². The highest BCUT2D eigenvalue weighted by molar-refractivity contribution is 5.68. The molecule has 0 saturated carbocycles. The number of epoxide rings is 1. The van der Waals surface area contributed by atoms with E-state index >= 15 is 0 Å². The maximum atomic E-state index is 12.2. The van der Waals surface area contributed by atoms with Crippen LogP contribution >= 0.6 is 0 Å². The van der Waals surface area contributed by atoms with Gasteiger partial charge in [0.15, 0.2) is 0 Å². The first-order valence-corrected chi connectivity index (χ1v) is 6.93. The number of rotatable bonds is 3. The Morgan fingerprint density at radius 3 is 2.84 bits per heavy atom. The summed E-state index contributed by atoms with van der Waals surface area (Å²) in [6.07, 6.45) is 3.30. The van der Waals surface area contributed by atoms with E-state index in [2.05, 4.69) is 0 Å². The first-order chi connectivity index (χ1) is 9.34. The fourth-order valence-electron chi connectivity index (χ4n) is 2.65. The molecule has 4 heteroatoms. The third kappa shape index (κ3) is 3.07. The van der Waals surface area contributed by atoms with Crippen LogP contribution in [0.1, 0.15) is 24.8 Å². The van der Waals surface area contributed by atoms with Crippen LogP contribution in [-0.4, -0.2) is 36.3 Å². The number of likely N-dealkylation sites (tertiary alicyclic amines) is 1. The molecular weight excluding hydrogens is 242 g/mol. The molecule has 0 N–H and O–H groups in total. The van der Waals surface area contributed by atoms with E-state index in [0.717, 1.165) is 31.6 Å². The van der Waals surface area contributed by atoms with Crippen molar-refractivity contribution in [1.82, 2.24) is 4.90 Å². The van der Waals surface area contributed by atoms with Crippen molar-refractivity contribution in [3.63, 3.8) is 0 Å². The Labute approximate surface area is 113 Å². The number of carbonyl (C=O) groups excluding carboxylic acids is 1. The van der Waals surface area contributed by atoms with Crippen LogP contribution in [0, 0.1) is 0 Å². The third-order valence-electron chi connectivity index (χ3n) is 3.78. The van der Waals surface area contributed by atoms with Crippen molar-refractivity contribution in [3.8, 4) is 0 Å². The van der Waals surface area contributed by atoms with Crippen molar-refractivity contribution in [2.75, 3.05) is 13.2 Å². The summed E-state index contributed by atoms with van der Waals surface area (Å²) in [5, 5.41) is 0. The van der Waals surface area contributed by atoms with E-state index in [9.17, 15) is 4.79 Å². The zero-order valence-electron chi connectivity index (χ0n) is 11.0. The maximum absolute atomic E-state index is 12.2. The van der Waals surface area contributed by atoms with Gasteiger partial charge in [-0.25, -0.2) is 4.79 Å². The Bertz CT molecular complexity index is 430. The minimum absolute atomic E-state index is 0.205. The molecule has 0 radical (unpaired) electrons. The zero-order valence-corrected chi connectivity index (χ0v) is 11.0. The Balaban J connectivity index is 1.56. The van der Waals surface area contributed by atoms with Gasteiger partial charge in [-0.05, 0) is 24.8 Å². The molecule has 1 amide bonds. The fraction of sp³-hybridized carbons (Fsp3) is 0.533. The van der Waals surface area contributed by atoms with Gasteiger partial charge in [0.2, 0.25) is 0 Å². The second kappa shape index (κ2) is 5.61. The van der Waals surface area contributed by atoms with Gasteiger partial charge in [0, 0.05) is 6.54 Å². The molecule has 0 aliphatic carbocycles. The molecule has 0 aromatic heterocycles. The molecule has 3 rings (SSSR count). The van der Waals surface area contributed by atoms with E-state index in [4.69, 9.17) is 9.47 Å². The summed E-state index contributed by atoms with van der Waals surface area (Å²) < 4.78 is 10.7. The highest BCUT2D eigenvalue weighted by atomic mass is 16.6. The Kier molecular flexibility index (Phi) is 3.69. The Hall–Kier alpha value is -1.55. The minimum atomic E-state index is -0.205. The zero-order chi connectivity index (χ0) is 13.1. The van der Waals surface area contributed by atoms with Crippen LogP contribution in [0.25, 0.3) is 0 Å². The van der Waals surface area contributed by atoms with Gasteiger partial charge in [-0.2, -0.15) is 0 Å². The molecule has 2 heterocycles. The lowest BCUT2D eigenvalue weighted by Gasteiger charge is -2.33. The number of carbonyl (C=O) groups is 1. The topological polar surface area (TPSA) is 42.1 Å². The molecule has 102 valence electrons. The molecule has 4 nitrogen and oxygen atoms in total. The van der Waals surface area contributed by atoms with E-state index in [1.807, 2.05) is 35.2 Å². The standard InChI is InChI=1S/C15H19NO3/c17-15(19-10-12-6-2-1-3-7-12)16-9-5-4-8-13(16)14-11-18-14/h1-3,6-7,13-14H,4-5,8-11H2/t13-,14-/m0/s1. The lowest BCUT2D eigenvalue weighted by Crippen LogP contribution is -2.46. The first-order valence-electron chi connectivity index (χ1n) is 6.93. The monoisotopic (exact) mass is 261 g/mol. The third-order valence-corrected chi connectivity index (χ3v) is 3.78. The number of benzene rings is 1. The van der Waals surface area contributed by atoms with Crippen molar-refractivity contribution in [2.45, 2.75) is 38.0 Å². The van der Waals surface area contributed by atoms with Crippen LogP contribution < -0.4 is 0 Å². The second-order valence-electron chi connectivity index (χ2n) is 5.17. The summed E-state index contributed by atoms with van der Waals surface area (Å²) in [7, 11) is 0. The lowest BCUT2D eigenvalue weighted by atomic mass is 10.0. The van der Waals surface area contributed by atoms with Crippen LogP contribution in [0.5, 0.6) is 0 Å². The molecule has 1 aromatic rings. The first kappa shape index (κ1) is 12.5. The van der Waals surface area contributed by atoms with Gasteiger partial charge in [-0.3, -0.25) is 0 Å². The smallest absolute Gasteiger partial charge is 0.410 e. The van der Waals surface area contributed by atoms with Crippen LogP contribution in [0.2, 0.25) is 0 Å². The van der Waals surface area contributed by atoms with E-state index in [-0.39, 0.29) is 18.2 Å². The molecule has 2 fully saturated rings. The van der Waals surface area contributed by atoms with Gasteiger partial charge in [-0.1, -0.05) is 30.3 Å². The number of hydrogen-bond donors (Lipinski definition) is 0. The van der Waals surface area contributed by atoms with E-state index in [0.29, 0.717) is 6.61 Å². The number of nitrogens with zero attached hydrogens (tertiary/aromatic N) is 1. The van der Waals surface area contributed by atoms with Crippen LogP contribution in [0.4, 0.5) is 4.79 Å². The molecule has 1 aromatic carbocycles. The molecule has 2 atom stereocenters. The Morgan fingerprint density at radius 2 is 2.11 bits per heavy atom. The summed E-state index contributed by atoms with van der Waals surface area (Å²) in [5.41, 5.74) is 1.02. The Morgan fingerprint density at radius 1 is 1.32 bits per heavy atom. The van der Waals surface area contributed by atoms with Gasteiger partial charge in [-0.15, -0.1) is 0 Å². The molecule has 19 heavy (non-hydrogen) atoms. The average Bonchev–Trinajstić information content (AvgIpc) is 3.30. The predicted octanol–water partition coefficient (Wildman–Crippen LogP) is 2.58. The van der Waals surface area contributed by atoms with Gasteiger partial charge in [0.25, 0.3) is 0 Å². The normalized spacial score (nSPS) is 26.0. The van der Waals surface area contributed by atoms with Crippen LogP contribution in [0.15, 0.2) is 30.3 Å². The SMILES string of the molecule is O=C(OCc1ccccc1)N1CCCC[C@H]1[C@@H]1CO1. The van der Waals surface area contributed by atoms with E-state index in [1.54, 1.807) is 0 Å². The molecule has 2 aliphatic heterocycles. The largest absolute Gasteiger partial charge is 0.445 e. The van der Waals surface area contributed by atoms with Crippen molar-refractivity contribution >= 4 is 6.09 Å².